The Morgan fingerprint density at radius 3 is 2.89 bits per heavy atom. The van der Waals surface area contributed by atoms with Crippen molar-refractivity contribution in [2.75, 3.05) is 6.54 Å². The molecule has 0 fully saturated rings. The average Bonchev–Trinajstić information content (AvgIpc) is 3.39. The Morgan fingerprint density at radius 2 is 2.07 bits per heavy atom. The summed E-state index contributed by atoms with van der Waals surface area (Å²) in [6.45, 7) is 4.52. The van der Waals surface area contributed by atoms with E-state index in [2.05, 4.69) is 38.0 Å². The summed E-state index contributed by atoms with van der Waals surface area (Å²) in [7, 11) is 0. The number of rotatable bonds is 2. The zero-order valence-electron chi connectivity index (χ0n) is 14.9. The molecule has 4 aromatic rings. The van der Waals surface area contributed by atoms with Crippen LogP contribution in [0.3, 0.4) is 0 Å². The van der Waals surface area contributed by atoms with Gasteiger partial charge < -0.3 is 4.90 Å². The molecule has 0 aliphatic carbocycles. The van der Waals surface area contributed by atoms with E-state index in [0.29, 0.717) is 12.3 Å². The van der Waals surface area contributed by atoms with E-state index in [-0.39, 0.29) is 17.8 Å². The van der Waals surface area contributed by atoms with Gasteiger partial charge in [-0.05, 0) is 54.8 Å². The standard InChI is InChI=1S/C19H17N5OS2/c1-11-10-12(2)24-19(20-11)21-17(22-24)18(25)23-7-5-14-13(6-9-27-14)16(23)15-4-3-8-26-15/h3-4,6,8-10,16H,5,7H2,1-2H3/t16-/m1/s1. The maximum Gasteiger partial charge on any atom is 0.294 e. The van der Waals surface area contributed by atoms with E-state index in [1.54, 1.807) is 27.2 Å². The lowest BCUT2D eigenvalue weighted by molar-refractivity contribution is 0.0686. The van der Waals surface area contributed by atoms with Crippen molar-refractivity contribution >= 4 is 34.4 Å². The summed E-state index contributed by atoms with van der Waals surface area (Å²) in [5, 5.41) is 8.61. The predicted octanol–water partition coefficient (Wildman–Crippen LogP) is 3.65. The highest BCUT2D eigenvalue weighted by Gasteiger charge is 2.35. The van der Waals surface area contributed by atoms with Crippen LogP contribution in [0.25, 0.3) is 5.78 Å². The maximum atomic E-state index is 13.4. The molecule has 0 saturated carbocycles. The number of hydrogen-bond donors (Lipinski definition) is 0. The molecule has 1 aliphatic rings. The largest absolute Gasteiger partial charge is 0.323 e. The molecule has 1 amide bonds. The summed E-state index contributed by atoms with van der Waals surface area (Å²) in [5.41, 5.74) is 3.00. The predicted molar refractivity (Wildman–Crippen MR) is 105 cm³/mol. The van der Waals surface area contributed by atoms with Crippen LogP contribution in [0.5, 0.6) is 0 Å². The molecule has 0 saturated heterocycles. The maximum absolute atomic E-state index is 13.4. The molecule has 5 heterocycles. The second kappa shape index (κ2) is 6.24. The van der Waals surface area contributed by atoms with Gasteiger partial charge >= 0.3 is 0 Å². The van der Waals surface area contributed by atoms with Crippen molar-refractivity contribution in [1.29, 1.82) is 0 Å². The number of aryl methyl sites for hydroxylation is 2. The summed E-state index contributed by atoms with van der Waals surface area (Å²) >= 11 is 3.44. The van der Waals surface area contributed by atoms with Crippen LogP contribution in [0.4, 0.5) is 0 Å². The fourth-order valence-electron chi connectivity index (χ4n) is 3.67. The van der Waals surface area contributed by atoms with E-state index < -0.39 is 0 Å². The van der Waals surface area contributed by atoms with Crippen molar-refractivity contribution in [1.82, 2.24) is 24.5 Å². The van der Waals surface area contributed by atoms with Crippen LogP contribution in [0.1, 0.15) is 43.4 Å². The molecule has 0 aromatic carbocycles. The highest BCUT2D eigenvalue weighted by Crippen LogP contribution is 2.39. The molecule has 0 radical (unpaired) electrons. The molecule has 136 valence electrons. The Hall–Kier alpha value is -2.58. The molecule has 27 heavy (non-hydrogen) atoms. The van der Waals surface area contributed by atoms with Gasteiger partial charge in [0.1, 0.15) is 0 Å². The van der Waals surface area contributed by atoms with Crippen molar-refractivity contribution in [2.45, 2.75) is 26.3 Å². The minimum atomic E-state index is -0.146. The molecule has 0 spiro atoms. The molecule has 0 N–H and O–H groups in total. The highest BCUT2D eigenvalue weighted by atomic mass is 32.1. The third kappa shape index (κ3) is 2.67. The molecule has 5 rings (SSSR count). The Bertz CT molecular complexity index is 1140. The number of thiophene rings is 2. The second-order valence-electron chi connectivity index (χ2n) is 6.65. The van der Waals surface area contributed by atoms with Crippen molar-refractivity contribution in [3.63, 3.8) is 0 Å². The number of aromatic nitrogens is 4. The molecule has 1 aliphatic heterocycles. The first-order valence-electron chi connectivity index (χ1n) is 8.73. The van der Waals surface area contributed by atoms with Gasteiger partial charge in [-0.2, -0.15) is 4.98 Å². The smallest absolute Gasteiger partial charge is 0.294 e. The zero-order chi connectivity index (χ0) is 18.5. The number of hydrogen-bond acceptors (Lipinski definition) is 6. The van der Waals surface area contributed by atoms with Crippen LogP contribution in [0.2, 0.25) is 0 Å². The first-order chi connectivity index (χ1) is 13.1. The SMILES string of the molecule is Cc1cc(C)n2nc(C(=O)N3CCc4sccc4[C@@H]3c3cccs3)nc2n1. The monoisotopic (exact) mass is 395 g/mol. The average molecular weight is 396 g/mol. The lowest BCUT2D eigenvalue weighted by Crippen LogP contribution is -2.40. The van der Waals surface area contributed by atoms with E-state index in [4.69, 9.17) is 0 Å². The summed E-state index contributed by atoms with van der Waals surface area (Å²) in [6.07, 6.45) is 0.865. The summed E-state index contributed by atoms with van der Waals surface area (Å²) in [4.78, 5) is 26.6. The van der Waals surface area contributed by atoms with Crippen molar-refractivity contribution < 1.29 is 4.79 Å². The van der Waals surface area contributed by atoms with E-state index in [0.717, 1.165) is 22.7 Å². The van der Waals surface area contributed by atoms with Gasteiger partial charge in [0.25, 0.3) is 11.7 Å². The fourth-order valence-corrected chi connectivity index (χ4v) is 5.43. The minimum Gasteiger partial charge on any atom is -0.323 e. The lowest BCUT2D eigenvalue weighted by Gasteiger charge is -2.34. The van der Waals surface area contributed by atoms with Crippen LogP contribution < -0.4 is 0 Å². The summed E-state index contributed by atoms with van der Waals surface area (Å²) < 4.78 is 1.64. The normalized spacial score (nSPS) is 16.7. The summed E-state index contributed by atoms with van der Waals surface area (Å²) in [6, 6.07) is 8.12. The van der Waals surface area contributed by atoms with Gasteiger partial charge in [0.2, 0.25) is 5.82 Å². The quantitative estimate of drug-likeness (QED) is 0.520. The fraction of sp³-hybridized carbons (Fsp3) is 0.263. The number of nitrogens with zero attached hydrogens (tertiary/aromatic N) is 5. The van der Waals surface area contributed by atoms with E-state index >= 15 is 0 Å². The Morgan fingerprint density at radius 1 is 1.19 bits per heavy atom. The van der Waals surface area contributed by atoms with E-state index in [9.17, 15) is 4.79 Å². The molecule has 0 unspecified atom stereocenters. The van der Waals surface area contributed by atoms with E-state index in [1.807, 2.05) is 30.9 Å². The topological polar surface area (TPSA) is 63.4 Å². The van der Waals surface area contributed by atoms with Gasteiger partial charge in [-0.25, -0.2) is 9.50 Å². The Balaban J connectivity index is 1.59. The zero-order valence-corrected chi connectivity index (χ0v) is 16.5. The number of carbonyl (C=O) groups is 1. The third-order valence-electron chi connectivity index (χ3n) is 4.85. The van der Waals surface area contributed by atoms with Gasteiger partial charge in [0.15, 0.2) is 0 Å². The van der Waals surface area contributed by atoms with Crippen LogP contribution in [0, 0.1) is 13.8 Å². The van der Waals surface area contributed by atoms with Crippen molar-refractivity contribution in [3.05, 3.63) is 67.6 Å². The third-order valence-corrected chi connectivity index (χ3v) is 6.77. The van der Waals surface area contributed by atoms with Crippen LogP contribution >= 0.6 is 22.7 Å². The molecule has 4 aromatic heterocycles. The van der Waals surface area contributed by atoms with Gasteiger partial charge in [0, 0.05) is 27.7 Å². The Kier molecular flexibility index (Phi) is 3.84. The molecule has 8 heteroatoms. The molecule has 0 bridgehead atoms. The number of carbonyl (C=O) groups excluding carboxylic acids is 1. The molecular formula is C19H17N5OS2. The first-order valence-corrected chi connectivity index (χ1v) is 10.5. The highest BCUT2D eigenvalue weighted by molar-refractivity contribution is 7.10. The Labute approximate surface area is 164 Å². The van der Waals surface area contributed by atoms with Crippen LogP contribution in [-0.4, -0.2) is 36.9 Å². The minimum absolute atomic E-state index is 0.0742. The van der Waals surface area contributed by atoms with E-state index in [1.165, 1.54) is 10.4 Å². The molecule has 6 nitrogen and oxygen atoms in total. The first kappa shape index (κ1) is 16.6. The number of fused-ring (bicyclic) bond motifs is 2. The van der Waals surface area contributed by atoms with Crippen molar-refractivity contribution in [2.24, 2.45) is 0 Å². The second-order valence-corrected chi connectivity index (χ2v) is 8.63. The van der Waals surface area contributed by atoms with Gasteiger partial charge in [-0.3, -0.25) is 4.79 Å². The summed E-state index contributed by atoms with van der Waals surface area (Å²) in [5.74, 6) is 0.529. The lowest BCUT2D eigenvalue weighted by atomic mass is 9.98. The van der Waals surface area contributed by atoms with Crippen molar-refractivity contribution in [3.8, 4) is 0 Å². The van der Waals surface area contributed by atoms with Crippen LogP contribution in [0.15, 0.2) is 35.0 Å². The number of amides is 1. The molecule has 1 atom stereocenters. The van der Waals surface area contributed by atoms with Gasteiger partial charge in [-0.1, -0.05) is 6.07 Å². The van der Waals surface area contributed by atoms with Gasteiger partial charge in [-0.15, -0.1) is 27.8 Å². The molecular weight excluding hydrogens is 378 g/mol. The van der Waals surface area contributed by atoms with Gasteiger partial charge in [0.05, 0.1) is 6.04 Å². The van der Waals surface area contributed by atoms with Crippen LogP contribution in [-0.2, 0) is 6.42 Å².